The number of methoxy groups -OCH3 is 1. The van der Waals surface area contributed by atoms with Gasteiger partial charge in [0.25, 0.3) is 0 Å². The molecule has 25 heavy (non-hydrogen) atoms. The predicted octanol–water partition coefficient (Wildman–Crippen LogP) is 3.30. The molecule has 0 heterocycles. The molecule has 0 aliphatic heterocycles. The maximum atomic E-state index is 12.7. The number of ether oxygens (including phenoxy) is 1. The monoisotopic (exact) mass is 346 g/mol. The minimum absolute atomic E-state index is 0.00548. The second-order valence-electron chi connectivity index (χ2n) is 7.43. The van der Waals surface area contributed by atoms with Gasteiger partial charge >= 0.3 is 6.09 Å². The molecule has 1 aromatic rings. The molecule has 1 aromatic carbocycles. The number of carbonyl (C=O) groups excluding carboxylic acids is 2. The summed E-state index contributed by atoms with van der Waals surface area (Å²) in [4.78, 5) is 24.2. The third-order valence-corrected chi connectivity index (χ3v) is 5.20. The van der Waals surface area contributed by atoms with E-state index in [0.717, 1.165) is 12.8 Å². The molecular formula is C20H30N2O3. The van der Waals surface area contributed by atoms with Crippen LogP contribution in [0.1, 0.15) is 50.7 Å². The van der Waals surface area contributed by atoms with Gasteiger partial charge in [0.15, 0.2) is 0 Å². The van der Waals surface area contributed by atoms with Crippen LogP contribution in [-0.2, 0) is 14.9 Å². The van der Waals surface area contributed by atoms with E-state index in [0.29, 0.717) is 6.54 Å². The predicted molar refractivity (Wildman–Crippen MR) is 98.5 cm³/mol. The molecule has 2 N–H and O–H groups in total. The Bertz CT molecular complexity index is 607. The number of benzene rings is 1. The minimum atomic E-state index is -0.594. The molecule has 5 heteroatoms. The van der Waals surface area contributed by atoms with E-state index in [1.54, 1.807) is 0 Å². The highest BCUT2D eigenvalue weighted by atomic mass is 16.5. The molecule has 138 valence electrons. The fourth-order valence-corrected chi connectivity index (χ4v) is 3.68. The van der Waals surface area contributed by atoms with E-state index >= 15 is 0 Å². The molecule has 5 nitrogen and oxygen atoms in total. The van der Waals surface area contributed by atoms with Gasteiger partial charge < -0.3 is 15.4 Å². The van der Waals surface area contributed by atoms with Crippen molar-refractivity contribution in [3.05, 3.63) is 35.4 Å². The molecule has 0 aromatic heterocycles. The average Bonchev–Trinajstić information content (AvgIpc) is 3.07. The highest BCUT2D eigenvalue weighted by molar-refractivity contribution is 5.85. The Balaban J connectivity index is 2.10. The molecule has 1 unspecified atom stereocenters. The molecule has 0 radical (unpaired) electrons. The quantitative estimate of drug-likeness (QED) is 0.830. The van der Waals surface area contributed by atoms with Crippen molar-refractivity contribution in [3.63, 3.8) is 0 Å². The Hall–Kier alpha value is -2.04. The molecule has 1 saturated carbocycles. The van der Waals surface area contributed by atoms with Crippen LogP contribution >= 0.6 is 0 Å². The molecule has 1 fully saturated rings. The van der Waals surface area contributed by atoms with Gasteiger partial charge in [0.05, 0.1) is 7.11 Å². The van der Waals surface area contributed by atoms with Crippen LogP contribution in [0, 0.1) is 12.8 Å². The summed E-state index contributed by atoms with van der Waals surface area (Å²) in [5.74, 6) is -0.170. The lowest BCUT2D eigenvalue weighted by Gasteiger charge is -2.31. The van der Waals surface area contributed by atoms with Crippen molar-refractivity contribution >= 4 is 12.0 Å². The molecular weight excluding hydrogens is 316 g/mol. The van der Waals surface area contributed by atoms with Crippen molar-refractivity contribution in [1.82, 2.24) is 10.6 Å². The Kier molecular flexibility index (Phi) is 6.45. The first-order valence-corrected chi connectivity index (χ1v) is 9.07. The van der Waals surface area contributed by atoms with E-state index in [9.17, 15) is 9.59 Å². The molecule has 2 rings (SSSR count). The van der Waals surface area contributed by atoms with Gasteiger partial charge in [-0.05, 0) is 31.2 Å². The van der Waals surface area contributed by atoms with Crippen LogP contribution in [-0.4, -0.2) is 31.7 Å². The van der Waals surface area contributed by atoms with Crippen LogP contribution in [0.3, 0.4) is 0 Å². The number of hydrogen-bond acceptors (Lipinski definition) is 3. The van der Waals surface area contributed by atoms with Gasteiger partial charge in [0, 0.05) is 12.0 Å². The number of carbonyl (C=O) groups is 2. The largest absolute Gasteiger partial charge is 0.453 e. The number of alkyl carbamates (subject to hydrolysis) is 1. The van der Waals surface area contributed by atoms with Crippen LogP contribution in [0.5, 0.6) is 0 Å². The standard InChI is InChI=1S/C20H30N2O3/c1-14(2)17(22-19(24)25-4)18(23)21-13-20(10-5-6-11-20)16-9-7-8-15(3)12-16/h7-9,12,14,17H,5-6,10-11,13H2,1-4H3,(H,21,23)(H,22,24). The van der Waals surface area contributed by atoms with Crippen LogP contribution < -0.4 is 10.6 Å². The Morgan fingerprint density at radius 1 is 1.24 bits per heavy atom. The number of aryl methyl sites for hydroxylation is 1. The zero-order valence-corrected chi connectivity index (χ0v) is 15.7. The Labute approximate surface area is 150 Å². The smallest absolute Gasteiger partial charge is 0.407 e. The molecule has 1 aliphatic carbocycles. The van der Waals surface area contributed by atoms with Gasteiger partial charge in [0.2, 0.25) is 5.91 Å². The van der Waals surface area contributed by atoms with Crippen LogP contribution in [0.2, 0.25) is 0 Å². The van der Waals surface area contributed by atoms with Crippen LogP contribution in [0.15, 0.2) is 24.3 Å². The first-order chi connectivity index (χ1) is 11.9. The van der Waals surface area contributed by atoms with E-state index in [4.69, 9.17) is 0 Å². The van der Waals surface area contributed by atoms with Crippen LogP contribution in [0.4, 0.5) is 4.79 Å². The number of hydrogen-bond donors (Lipinski definition) is 2. The van der Waals surface area contributed by atoms with Gasteiger partial charge in [-0.15, -0.1) is 0 Å². The van der Waals surface area contributed by atoms with Crippen molar-refractivity contribution in [2.45, 2.75) is 57.9 Å². The van der Waals surface area contributed by atoms with E-state index in [1.165, 1.54) is 31.1 Å². The van der Waals surface area contributed by atoms with Gasteiger partial charge in [-0.1, -0.05) is 56.5 Å². The summed E-state index contributed by atoms with van der Waals surface area (Å²) < 4.78 is 4.63. The van der Waals surface area contributed by atoms with E-state index in [2.05, 4.69) is 46.6 Å². The topological polar surface area (TPSA) is 67.4 Å². The maximum Gasteiger partial charge on any atom is 0.407 e. The minimum Gasteiger partial charge on any atom is -0.453 e. The maximum absolute atomic E-state index is 12.7. The number of nitrogens with one attached hydrogen (secondary N) is 2. The first kappa shape index (κ1) is 19.3. The lowest BCUT2D eigenvalue weighted by atomic mass is 9.78. The third-order valence-electron chi connectivity index (χ3n) is 5.20. The van der Waals surface area contributed by atoms with Crippen molar-refractivity contribution in [2.24, 2.45) is 5.92 Å². The molecule has 0 saturated heterocycles. The lowest BCUT2D eigenvalue weighted by molar-refractivity contribution is -0.124. The summed E-state index contributed by atoms with van der Waals surface area (Å²) in [6.07, 6.45) is 3.93. The summed E-state index contributed by atoms with van der Waals surface area (Å²) in [6.45, 7) is 6.51. The summed E-state index contributed by atoms with van der Waals surface area (Å²) in [5, 5.41) is 5.71. The fourth-order valence-electron chi connectivity index (χ4n) is 3.68. The van der Waals surface area contributed by atoms with Gasteiger partial charge in [-0.25, -0.2) is 4.79 Å². The molecule has 2 amide bonds. The molecule has 0 spiro atoms. The summed E-state index contributed by atoms with van der Waals surface area (Å²) in [6, 6.07) is 7.98. The van der Waals surface area contributed by atoms with Gasteiger partial charge in [-0.2, -0.15) is 0 Å². The highest BCUT2D eigenvalue weighted by Gasteiger charge is 2.37. The van der Waals surface area contributed by atoms with Crippen molar-refractivity contribution < 1.29 is 14.3 Å². The van der Waals surface area contributed by atoms with E-state index in [-0.39, 0.29) is 17.2 Å². The highest BCUT2D eigenvalue weighted by Crippen LogP contribution is 2.40. The van der Waals surface area contributed by atoms with Crippen LogP contribution in [0.25, 0.3) is 0 Å². The summed E-state index contributed by atoms with van der Waals surface area (Å²) in [7, 11) is 1.30. The molecule has 1 atom stereocenters. The normalized spacial score (nSPS) is 17.2. The van der Waals surface area contributed by atoms with Gasteiger partial charge in [-0.3, -0.25) is 4.79 Å². The third kappa shape index (κ3) is 4.74. The summed E-state index contributed by atoms with van der Waals surface area (Å²) >= 11 is 0. The molecule has 1 aliphatic rings. The first-order valence-electron chi connectivity index (χ1n) is 9.07. The number of amides is 2. The Morgan fingerprint density at radius 2 is 1.92 bits per heavy atom. The van der Waals surface area contributed by atoms with Gasteiger partial charge in [0.1, 0.15) is 6.04 Å². The van der Waals surface area contributed by atoms with Crippen molar-refractivity contribution in [3.8, 4) is 0 Å². The van der Waals surface area contributed by atoms with Crippen molar-refractivity contribution in [1.29, 1.82) is 0 Å². The van der Waals surface area contributed by atoms with E-state index < -0.39 is 12.1 Å². The fraction of sp³-hybridized carbons (Fsp3) is 0.600. The zero-order valence-electron chi connectivity index (χ0n) is 15.7. The summed E-state index contributed by atoms with van der Waals surface area (Å²) in [5.41, 5.74) is 2.53. The zero-order chi connectivity index (χ0) is 18.4. The molecule has 0 bridgehead atoms. The number of rotatable bonds is 6. The second-order valence-corrected chi connectivity index (χ2v) is 7.43. The van der Waals surface area contributed by atoms with Crippen molar-refractivity contribution in [2.75, 3.05) is 13.7 Å². The average molecular weight is 346 g/mol. The van der Waals surface area contributed by atoms with E-state index in [1.807, 2.05) is 13.8 Å². The Morgan fingerprint density at radius 3 is 2.48 bits per heavy atom. The SMILES string of the molecule is COC(=O)NC(C(=O)NCC1(c2cccc(C)c2)CCCC1)C(C)C. The second kappa shape index (κ2) is 8.37. The lowest BCUT2D eigenvalue weighted by Crippen LogP contribution is -2.52.